The monoisotopic (exact) mass is 402 g/mol. The second-order valence-electron chi connectivity index (χ2n) is 5.83. The van der Waals surface area contributed by atoms with Crippen molar-refractivity contribution in [1.82, 2.24) is 5.32 Å². The molecule has 1 aliphatic rings. The Morgan fingerprint density at radius 2 is 2.00 bits per heavy atom. The molecule has 0 saturated heterocycles. The Bertz CT molecular complexity index is 813. The molecule has 4 nitrogen and oxygen atoms in total. The number of carbonyl (C=O) groups excluding carboxylic acids is 2. The van der Waals surface area contributed by atoms with E-state index in [0.717, 1.165) is 36.2 Å². The number of fused-ring (bicyclic) bond motifs is 1. The lowest BCUT2D eigenvalue weighted by molar-refractivity contribution is 0.0963. The molecular weight excluding hydrogens is 387 g/mol. The largest absolute Gasteiger partial charge is 0.355 e. The van der Waals surface area contributed by atoms with Crippen LogP contribution in [0.5, 0.6) is 0 Å². The van der Waals surface area contributed by atoms with E-state index in [4.69, 9.17) is 23.2 Å². The third-order valence-corrected chi connectivity index (χ3v) is 6.75. The van der Waals surface area contributed by atoms with E-state index in [-0.39, 0.29) is 11.8 Å². The minimum Gasteiger partial charge on any atom is -0.355 e. The maximum Gasteiger partial charge on any atom is 0.258 e. The van der Waals surface area contributed by atoms with Crippen LogP contribution in [0.4, 0.5) is 5.00 Å². The second kappa shape index (κ2) is 7.04. The van der Waals surface area contributed by atoms with Gasteiger partial charge in [-0.3, -0.25) is 9.59 Å². The summed E-state index contributed by atoms with van der Waals surface area (Å²) < 4.78 is 0.796. The summed E-state index contributed by atoms with van der Waals surface area (Å²) in [6.45, 7) is 2.20. The molecule has 0 radical (unpaired) electrons. The van der Waals surface area contributed by atoms with Gasteiger partial charge in [0.05, 0.1) is 15.5 Å². The van der Waals surface area contributed by atoms with Crippen molar-refractivity contribution in [1.29, 1.82) is 0 Å². The van der Waals surface area contributed by atoms with Crippen LogP contribution in [0.25, 0.3) is 0 Å². The molecule has 128 valence electrons. The van der Waals surface area contributed by atoms with Gasteiger partial charge in [-0.1, -0.05) is 30.1 Å². The Morgan fingerprint density at radius 3 is 2.62 bits per heavy atom. The van der Waals surface area contributed by atoms with Crippen molar-refractivity contribution in [3.8, 4) is 0 Å². The molecule has 0 bridgehead atoms. The van der Waals surface area contributed by atoms with Crippen molar-refractivity contribution in [3.63, 3.8) is 0 Å². The summed E-state index contributed by atoms with van der Waals surface area (Å²) in [6.07, 6.45) is 2.84. The topological polar surface area (TPSA) is 58.2 Å². The molecule has 1 aliphatic carbocycles. The van der Waals surface area contributed by atoms with Crippen LogP contribution in [-0.2, 0) is 12.8 Å². The average Bonchev–Trinajstić information content (AvgIpc) is 3.05. The van der Waals surface area contributed by atoms with Crippen LogP contribution in [0.15, 0.2) is 6.07 Å². The maximum absolute atomic E-state index is 12.5. The minimum atomic E-state index is -0.347. The van der Waals surface area contributed by atoms with Crippen LogP contribution in [0.2, 0.25) is 8.67 Å². The Hall–Kier alpha value is -1.08. The molecule has 0 unspecified atom stereocenters. The highest BCUT2D eigenvalue weighted by molar-refractivity contribution is 7.20. The number of thiophene rings is 2. The van der Waals surface area contributed by atoms with Crippen molar-refractivity contribution in [2.45, 2.75) is 26.2 Å². The van der Waals surface area contributed by atoms with Crippen molar-refractivity contribution < 1.29 is 9.59 Å². The van der Waals surface area contributed by atoms with E-state index in [0.29, 0.717) is 30.7 Å². The number of anilines is 1. The molecule has 3 rings (SSSR count). The zero-order valence-corrected chi connectivity index (χ0v) is 16.3. The van der Waals surface area contributed by atoms with Crippen LogP contribution < -0.4 is 10.6 Å². The number of hydrogen-bond donors (Lipinski definition) is 2. The van der Waals surface area contributed by atoms with Crippen LogP contribution in [0, 0.1) is 5.92 Å². The molecule has 2 N–H and O–H groups in total. The predicted molar refractivity (Wildman–Crippen MR) is 101 cm³/mol. The molecule has 0 aromatic carbocycles. The molecular formula is C16H16Cl2N2O2S2. The molecule has 0 spiro atoms. The van der Waals surface area contributed by atoms with E-state index < -0.39 is 0 Å². The van der Waals surface area contributed by atoms with Crippen molar-refractivity contribution in [2.24, 2.45) is 5.92 Å². The first kappa shape index (κ1) is 17.7. The first-order valence-electron chi connectivity index (χ1n) is 7.53. The Balaban J connectivity index is 1.96. The number of carbonyl (C=O) groups is 2. The number of halogens is 2. The molecule has 0 aliphatic heterocycles. The molecule has 8 heteroatoms. The summed E-state index contributed by atoms with van der Waals surface area (Å²) >= 11 is 14.6. The van der Waals surface area contributed by atoms with Gasteiger partial charge in [-0.05, 0) is 36.8 Å². The third-order valence-electron chi connectivity index (χ3n) is 4.09. The molecule has 2 heterocycles. The highest BCUT2D eigenvalue weighted by Gasteiger charge is 2.28. The molecule has 24 heavy (non-hydrogen) atoms. The standard InChI is InChI=1S/C16H16Cl2N2O2S2/c1-7-3-4-8-10(5-7)23-16(12(8)15(22)19-2)20-14(21)9-6-11(17)24-13(9)18/h6-7H,3-5H2,1-2H3,(H,19,22)(H,20,21)/t7-/m1/s1. The Kier molecular flexibility index (Phi) is 5.20. The summed E-state index contributed by atoms with van der Waals surface area (Å²) in [5.74, 6) is 0.0640. The van der Waals surface area contributed by atoms with E-state index in [9.17, 15) is 9.59 Å². The first-order chi connectivity index (χ1) is 11.4. The van der Waals surface area contributed by atoms with Crippen LogP contribution in [-0.4, -0.2) is 18.9 Å². The van der Waals surface area contributed by atoms with Gasteiger partial charge in [-0.25, -0.2) is 0 Å². The Morgan fingerprint density at radius 1 is 1.25 bits per heavy atom. The highest BCUT2D eigenvalue weighted by Crippen LogP contribution is 2.40. The SMILES string of the molecule is CNC(=O)c1c(NC(=O)c2cc(Cl)sc2Cl)sc2c1CC[C@@H](C)C2. The lowest BCUT2D eigenvalue weighted by Crippen LogP contribution is -2.22. The van der Waals surface area contributed by atoms with Crippen LogP contribution in [0.3, 0.4) is 0 Å². The number of rotatable bonds is 3. The lowest BCUT2D eigenvalue weighted by atomic mass is 9.88. The van der Waals surface area contributed by atoms with E-state index >= 15 is 0 Å². The summed E-state index contributed by atoms with van der Waals surface area (Å²) in [6, 6.07) is 1.54. The fraction of sp³-hybridized carbons (Fsp3) is 0.375. The van der Waals surface area contributed by atoms with Crippen molar-refractivity contribution in [2.75, 3.05) is 12.4 Å². The zero-order valence-electron chi connectivity index (χ0n) is 13.2. The van der Waals surface area contributed by atoms with Crippen molar-refractivity contribution in [3.05, 3.63) is 36.3 Å². The molecule has 0 fully saturated rings. The van der Waals surface area contributed by atoms with Gasteiger partial charge >= 0.3 is 0 Å². The highest BCUT2D eigenvalue weighted by atomic mass is 35.5. The third kappa shape index (κ3) is 3.33. The fourth-order valence-corrected chi connectivity index (χ4v) is 5.73. The molecule has 2 amide bonds. The normalized spacial score (nSPS) is 16.6. The summed E-state index contributed by atoms with van der Waals surface area (Å²) in [4.78, 5) is 26.0. The number of nitrogens with one attached hydrogen (secondary N) is 2. The zero-order chi connectivity index (χ0) is 17.4. The van der Waals surface area contributed by atoms with E-state index in [1.54, 1.807) is 13.1 Å². The molecule has 2 aromatic heterocycles. The number of hydrogen-bond acceptors (Lipinski definition) is 4. The molecule has 2 aromatic rings. The van der Waals surface area contributed by atoms with Crippen molar-refractivity contribution >= 4 is 62.7 Å². The van der Waals surface area contributed by atoms with Gasteiger partial charge in [0.15, 0.2) is 0 Å². The van der Waals surface area contributed by atoms with E-state index in [1.807, 2.05) is 0 Å². The van der Waals surface area contributed by atoms with Gasteiger partial charge < -0.3 is 10.6 Å². The maximum atomic E-state index is 12.5. The number of amides is 2. The first-order valence-corrected chi connectivity index (χ1v) is 9.92. The Labute approximate surface area is 158 Å². The van der Waals surface area contributed by atoms with Gasteiger partial charge in [0.2, 0.25) is 0 Å². The smallest absolute Gasteiger partial charge is 0.258 e. The van der Waals surface area contributed by atoms with Gasteiger partial charge in [-0.15, -0.1) is 22.7 Å². The van der Waals surface area contributed by atoms with Crippen LogP contribution >= 0.6 is 45.9 Å². The quantitative estimate of drug-likeness (QED) is 0.770. The fourth-order valence-electron chi connectivity index (χ4n) is 2.87. The summed E-state index contributed by atoms with van der Waals surface area (Å²) in [5.41, 5.74) is 1.96. The summed E-state index contributed by atoms with van der Waals surface area (Å²) in [7, 11) is 1.60. The lowest BCUT2D eigenvalue weighted by Gasteiger charge is -2.18. The average molecular weight is 403 g/mol. The van der Waals surface area contributed by atoms with E-state index in [1.165, 1.54) is 16.2 Å². The van der Waals surface area contributed by atoms with Crippen LogP contribution in [0.1, 0.15) is 44.5 Å². The van der Waals surface area contributed by atoms with Gasteiger partial charge in [-0.2, -0.15) is 0 Å². The van der Waals surface area contributed by atoms with Gasteiger partial charge in [0.25, 0.3) is 11.8 Å². The summed E-state index contributed by atoms with van der Waals surface area (Å²) in [5, 5.41) is 6.10. The van der Waals surface area contributed by atoms with Gasteiger partial charge in [0, 0.05) is 11.9 Å². The second-order valence-corrected chi connectivity index (χ2v) is 9.22. The predicted octanol–water partition coefficient (Wildman–Crippen LogP) is 4.85. The minimum absolute atomic E-state index is 0.174. The van der Waals surface area contributed by atoms with E-state index in [2.05, 4.69) is 17.6 Å². The molecule has 0 saturated carbocycles. The van der Waals surface area contributed by atoms with Gasteiger partial charge in [0.1, 0.15) is 9.34 Å². The molecule has 1 atom stereocenters.